The Morgan fingerprint density at radius 1 is 0.571 bits per heavy atom. The van der Waals surface area contributed by atoms with E-state index in [9.17, 15) is 0 Å². The van der Waals surface area contributed by atoms with Gasteiger partial charge in [0.05, 0.1) is 0 Å². The van der Waals surface area contributed by atoms with Crippen molar-refractivity contribution < 1.29 is 0 Å². The predicted molar refractivity (Wildman–Crippen MR) is 162 cm³/mol. The Hall–Kier alpha value is -3.31. The number of fused-ring (bicyclic) bond motifs is 2. The van der Waals surface area contributed by atoms with Crippen LogP contribution in [0.15, 0.2) is 97.1 Å². The van der Waals surface area contributed by atoms with E-state index in [4.69, 9.17) is 0 Å². The Bertz CT molecular complexity index is 1700. The molecule has 0 aliphatic heterocycles. The zero-order valence-electron chi connectivity index (χ0n) is 20.1. The molecule has 0 bridgehead atoms. The van der Waals surface area contributed by atoms with Crippen LogP contribution in [0.4, 0.5) is 0 Å². The summed E-state index contributed by atoms with van der Waals surface area (Å²) >= 11 is 2.34. The lowest BCUT2D eigenvalue weighted by Gasteiger charge is -2.15. The van der Waals surface area contributed by atoms with E-state index in [0.717, 1.165) is 22.3 Å². The minimum atomic E-state index is -1.55. The van der Waals surface area contributed by atoms with E-state index in [1.54, 1.807) is 0 Å². The summed E-state index contributed by atoms with van der Waals surface area (Å²) in [5.74, 6) is 10.5. The van der Waals surface area contributed by atoms with Crippen LogP contribution >= 0.6 is 22.6 Å². The van der Waals surface area contributed by atoms with Crippen molar-refractivity contribution in [1.29, 1.82) is 0 Å². The van der Waals surface area contributed by atoms with Gasteiger partial charge in [-0.25, -0.2) is 0 Å². The maximum Gasteiger partial charge on any atom is 0.129 e. The Balaban J connectivity index is 1.87. The minimum absolute atomic E-state index is 1.02. The molecule has 2 heteroatoms. The molecule has 0 heterocycles. The van der Waals surface area contributed by atoms with Crippen molar-refractivity contribution >= 4 is 52.2 Å². The molecule has 0 aromatic heterocycles. The highest BCUT2D eigenvalue weighted by Gasteiger charge is 2.16. The number of benzene rings is 5. The maximum atomic E-state index is 3.60. The summed E-state index contributed by atoms with van der Waals surface area (Å²) in [6.45, 7) is 6.87. The third-order valence-corrected chi connectivity index (χ3v) is 7.39. The van der Waals surface area contributed by atoms with Gasteiger partial charge in [0.15, 0.2) is 0 Å². The second-order valence-corrected chi connectivity index (χ2v) is 15.7. The molecule has 0 radical (unpaired) electrons. The number of hydrogen-bond acceptors (Lipinski definition) is 0. The monoisotopic (exact) mass is 576 g/mol. The Morgan fingerprint density at radius 2 is 1.14 bits per heavy atom. The van der Waals surface area contributed by atoms with Crippen LogP contribution in [0, 0.1) is 26.9 Å². The van der Waals surface area contributed by atoms with Gasteiger partial charge in [-0.2, -0.15) is 0 Å². The number of halogens is 1. The molecule has 0 saturated heterocycles. The minimum Gasteiger partial charge on any atom is -0.127 e. The van der Waals surface area contributed by atoms with Gasteiger partial charge in [-0.3, -0.25) is 0 Å². The van der Waals surface area contributed by atoms with Gasteiger partial charge in [-0.1, -0.05) is 104 Å². The van der Waals surface area contributed by atoms with E-state index in [1.807, 2.05) is 0 Å². The molecular formula is C33H25ISi. The van der Waals surface area contributed by atoms with Gasteiger partial charge in [0.25, 0.3) is 0 Å². The van der Waals surface area contributed by atoms with E-state index in [-0.39, 0.29) is 0 Å². The van der Waals surface area contributed by atoms with Gasteiger partial charge in [0.1, 0.15) is 8.07 Å². The predicted octanol–water partition coefficient (Wildman–Crippen LogP) is 8.89. The molecule has 0 spiro atoms. The number of rotatable bonds is 1. The molecule has 0 atom stereocenters. The summed E-state index contributed by atoms with van der Waals surface area (Å²) in [5, 5.41) is 4.84. The molecule has 168 valence electrons. The molecule has 0 amide bonds. The van der Waals surface area contributed by atoms with Crippen LogP contribution in [-0.4, -0.2) is 8.07 Å². The van der Waals surface area contributed by atoms with Crippen LogP contribution in [0.2, 0.25) is 19.6 Å². The first kappa shape index (κ1) is 23.4. The molecule has 0 unspecified atom stereocenters. The average molecular weight is 577 g/mol. The van der Waals surface area contributed by atoms with Crippen LogP contribution in [-0.2, 0) is 0 Å². The fraction of sp³-hybridized carbons (Fsp3) is 0.0909. The molecule has 5 aromatic carbocycles. The van der Waals surface area contributed by atoms with Crippen LogP contribution < -0.4 is 0 Å². The van der Waals surface area contributed by atoms with Gasteiger partial charge >= 0.3 is 0 Å². The number of hydrogen-bond donors (Lipinski definition) is 0. The zero-order chi connectivity index (χ0) is 24.4. The van der Waals surface area contributed by atoms with E-state index in [0.29, 0.717) is 0 Å². The summed E-state index contributed by atoms with van der Waals surface area (Å²) in [6.07, 6.45) is 0. The van der Waals surface area contributed by atoms with Gasteiger partial charge < -0.3 is 0 Å². The summed E-state index contributed by atoms with van der Waals surface area (Å²) in [5.41, 5.74) is 9.05. The maximum absolute atomic E-state index is 3.60. The van der Waals surface area contributed by atoms with Gasteiger partial charge in [0, 0.05) is 31.4 Å². The smallest absolute Gasteiger partial charge is 0.127 e. The average Bonchev–Trinajstić information content (AvgIpc) is 2.85. The van der Waals surface area contributed by atoms with E-state index in [1.165, 1.54) is 30.7 Å². The molecule has 5 rings (SSSR count). The summed E-state index contributed by atoms with van der Waals surface area (Å²) < 4.78 is 1.19. The first-order valence-electron chi connectivity index (χ1n) is 11.7. The Labute approximate surface area is 222 Å². The third kappa shape index (κ3) is 5.20. The lowest BCUT2D eigenvalue weighted by molar-refractivity contribution is 1.59. The molecule has 5 aromatic rings. The highest BCUT2D eigenvalue weighted by molar-refractivity contribution is 14.1. The molecule has 0 N–H and O–H groups in total. The molecule has 0 nitrogen and oxygen atoms in total. The van der Waals surface area contributed by atoms with Gasteiger partial charge in [-0.05, 0) is 74.5 Å². The highest BCUT2D eigenvalue weighted by atomic mass is 127. The van der Waals surface area contributed by atoms with Gasteiger partial charge in [0.2, 0.25) is 0 Å². The molecular weight excluding hydrogens is 551 g/mol. The summed E-state index contributed by atoms with van der Waals surface area (Å²) in [7, 11) is -1.55. The second kappa shape index (κ2) is 9.74. The van der Waals surface area contributed by atoms with Crippen molar-refractivity contribution in [2.75, 3.05) is 0 Å². The fourth-order valence-corrected chi connectivity index (χ4v) is 5.30. The highest BCUT2D eigenvalue weighted by Crippen LogP contribution is 2.38. The summed E-state index contributed by atoms with van der Waals surface area (Å²) in [4.78, 5) is 0. The van der Waals surface area contributed by atoms with Crippen molar-refractivity contribution in [2.45, 2.75) is 19.6 Å². The van der Waals surface area contributed by atoms with E-state index < -0.39 is 8.07 Å². The van der Waals surface area contributed by atoms with Crippen LogP contribution in [0.5, 0.6) is 0 Å². The van der Waals surface area contributed by atoms with E-state index in [2.05, 4.69) is 163 Å². The molecule has 0 aliphatic carbocycles. The van der Waals surface area contributed by atoms with Crippen LogP contribution in [0.3, 0.4) is 0 Å². The lowest BCUT2D eigenvalue weighted by Crippen LogP contribution is -2.16. The van der Waals surface area contributed by atoms with Crippen molar-refractivity contribution in [1.82, 2.24) is 0 Å². The van der Waals surface area contributed by atoms with E-state index >= 15 is 0 Å². The molecule has 0 aliphatic rings. The lowest BCUT2D eigenvalue weighted by atomic mass is 9.87. The molecule has 0 saturated carbocycles. The normalized spacial score (nSPS) is 11.0. The molecule has 35 heavy (non-hydrogen) atoms. The SMILES string of the molecule is C[Si](C)(C)C#Cc1ccc2ccccc2c1-c1c(C#Cc2cccc(I)c2)ccc2ccccc12. The van der Waals surface area contributed by atoms with Gasteiger partial charge in [-0.15, -0.1) is 5.54 Å². The first-order chi connectivity index (χ1) is 16.9. The topological polar surface area (TPSA) is 0 Å². The largest absolute Gasteiger partial charge is 0.129 e. The van der Waals surface area contributed by atoms with Crippen molar-refractivity contribution in [3.8, 4) is 34.4 Å². The second-order valence-electron chi connectivity index (χ2n) is 9.68. The quantitative estimate of drug-likeness (QED) is 0.106. The van der Waals surface area contributed by atoms with Crippen molar-refractivity contribution in [3.63, 3.8) is 0 Å². The fourth-order valence-electron chi connectivity index (χ4n) is 4.25. The first-order valence-corrected chi connectivity index (χ1v) is 16.3. The van der Waals surface area contributed by atoms with Crippen molar-refractivity contribution in [3.05, 3.63) is 117 Å². The summed E-state index contributed by atoms with van der Waals surface area (Å²) in [6, 6.07) is 34.2. The zero-order valence-corrected chi connectivity index (χ0v) is 23.3. The Morgan fingerprint density at radius 3 is 1.71 bits per heavy atom. The molecule has 0 fully saturated rings. The van der Waals surface area contributed by atoms with Crippen molar-refractivity contribution in [2.24, 2.45) is 0 Å². The Kier molecular flexibility index (Phi) is 6.52. The van der Waals surface area contributed by atoms with Crippen LogP contribution in [0.1, 0.15) is 16.7 Å². The van der Waals surface area contributed by atoms with Crippen LogP contribution in [0.25, 0.3) is 32.7 Å². The standard InChI is InChI=1S/C33H25ISi/c1-35(2,3)22-21-28-20-18-26-11-5-7-14-31(26)33(28)32-27(16-15-24-9-8-12-29(34)23-24)19-17-25-10-4-6-13-30(25)32/h4-14,17-20,23H,1-3H3. The third-order valence-electron chi connectivity index (χ3n) is 5.85.